The third-order valence-electron chi connectivity index (χ3n) is 3.60. The summed E-state index contributed by atoms with van der Waals surface area (Å²) in [7, 11) is 0. The van der Waals surface area contributed by atoms with Gasteiger partial charge in [-0.25, -0.2) is 4.98 Å². The van der Waals surface area contributed by atoms with Crippen molar-refractivity contribution in [2.24, 2.45) is 0 Å². The Kier molecular flexibility index (Phi) is 2.62. The van der Waals surface area contributed by atoms with E-state index in [1.807, 2.05) is 16.7 Å². The molecule has 2 aromatic carbocycles. The molecular formula is C18H19BrN2. The van der Waals surface area contributed by atoms with Crippen LogP contribution in [0.25, 0.3) is 16.7 Å². The van der Waals surface area contributed by atoms with Gasteiger partial charge in [0.1, 0.15) is 6.33 Å². The molecule has 0 aliphatic rings. The lowest BCUT2D eigenvalue weighted by molar-refractivity contribution is 0.589. The van der Waals surface area contributed by atoms with Crippen molar-refractivity contribution in [1.29, 1.82) is 0 Å². The second kappa shape index (κ2) is 4.99. The van der Waals surface area contributed by atoms with Crippen molar-refractivity contribution < 1.29 is 4.11 Å². The summed E-state index contributed by atoms with van der Waals surface area (Å²) in [5.74, 6) is 0. The lowest BCUT2D eigenvalue weighted by Crippen LogP contribution is -2.11. The number of aryl methyl sites for hydroxylation is 1. The Hall–Kier alpha value is -1.61. The van der Waals surface area contributed by atoms with Crippen molar-refractivity contribution in [1.82, 2.24) is 9.55 Å². The predicted octanol–water partition coefficient (Wildman–Crippen LogP) is 5.39. The van der Waals surface area contributed by atoms with E-state index >= 15 is 0 Å². The van der Waals surface area contributed by atoms with E-state index in [9.17, 15) is 0 Å². The Morgan fingerprint density at radius 3 is 2.71 bits per heavy atom. The summed E-state index contributed by atoms with van der Waals surface area (Å²) in [5, 5.41) is 0. The summed E-state index contributed by atoms with van der Waals surface area (Å²) in [6.45, 7) is 4.32. The highest BCUT2D eigenvalue weighted by Crippen LogP contribution is 2.29. The lowest BCUT2D eigenvalue weighted by atomic mass is 9.87. The van der Waals surface area contributed by atoms with Crippen molar-refractivity contribution in [2.75, 3.05) is 0 Å². The van der Waals surface area contributed by atoms with Crippen LogP contribution in [-0.2, 0) is 5.41 Å². The van der Waals surface area contributed by atoms with Crippen molar-refractivity contribution >= 4 is 27.0 Å². The Bertz CT molecular complexity index is 905. The normalized spacial score (nSPS) is 14.8. The average molecular weight is 346 g/mol. The Morgan fingerprint density at radius 2 is 2.00 bits per heavy atom. The van der Waals surface area contributed by atoms with Gasteiger partial charge in [-0.2, -0.15) is 0 Å². The van der Waals surface area contributed by atoms with E-state index in [1.54, 1.807) is 18.5 Å². The van der Waals surface area contributed by atoms with E-state index in [0.29, 0.717) is 5.52 Å². The molecule has 1 heterocycles. The summed E-state index contributed by atoms with van der Waals surface area (Å²) in [4.78, 5) is 4.37. The van der Waals surface area contributed by atoms with Gasteiger partial charge in [-0.05, 0) is 47.7 Å². The summed E-state index contributed by atoms with van der Waals surface area (Å²) in [5.41, 5.74) is 3.76. The molecule has 0 saturated carbocycles. The fraction of sp³-hybridized carbons (Fsp3) is 0.278. The predicted molar refractivity (Wildman–Crippen MR) is 92.2 cm³/mol. The van der Waals surface area contributed by atoms with E-state index in [0.717, 1.165) is 15.7 Å². The molecule has 0 saturated heterocycles. The highest BCUT2D eigenvalue weighted by atomic mass is 79.9. The lowest BCUT2D eigenvalue weighted by Gasteiger charge is -2.20. The van der Waals surface area contributed by atoms with Crippen molar-refractivity contribution in [3.05, 3.63) is 58.3 Å². The molecule has 0 unspecified atom stereocenters. The Morgan fingerprint density at radius 1 is 1.19 bits per heavy atom. The maximum absolute atomic E-state index is 7.70. The van der Waals surface area contributed by atoms with Crippen LogP contribution >= 0.6 is 15.9 Å². The molecular weight excluding hydrogens is 324 g/mol. The van der Waals surface area contributed by atoms with E-state index in [-0.39, 0.29) is 11.0 Å². The van der Waals surface area contributed by atoms with Crippen LogP contribution in [0.3, 0.4) is 0 Å². The molecule has 0 aliphatic heterocycles. The number of hydrogen-bond donors (Lipinski definition) is 0. The molecule has 0 bridgehead atoms. The number of para-hydroxylation sites is 1. The number of nitrogens with zero attached hydrogens (tertiary/aromatic N) is 2. The van der Waals surface area contributed by atoms with Crippen LogP contribution in [0, 0.1) is 6.85 Å². The van der Waals surface area contributed by atoms with E-state index in [1.165, 1.54) is 5.56 Å². The first-order chi connectivity index (χ1) is 11.1. The topological polar surface area (TPSA) is 17.8 Å². The van der Waals surface area contributed by atoms with Gasteiger partial charge in [0, 0.05) is 14.3 Å². The van der Waals surface area contributed by atoms with Gasteiger partial charge >= 0.3 is 0 Å². The van der Waals surface area contributed by atoms with Gasteiger partial charge in [0.05, 0.1) is 11.0 Å². The van der Waals surface area contributed by atoms with E-state index < -0.39 is 6.85 Å². The minimum absolute atomic E-state index is 0.0127. The molecule has 0 amide bonds. The monoisotopic (exact) mass is 345 g/mol. The van der Waals surface area contributed by atoms with Crippen LogP contribution in [0.15, 0.2) is 47.2 Å². The van der Waals surface area contributed by atoms with Crippen LogP contribution in [0.5, 0.6) is 0 Å². The number of aromatic nitrogens is 2. The quantitative estimate of drug-likeness (QED) is 0.577. The number of fused-ring (bicyclic) bond motifs is 1. The van der Waals surface area contributed by atoms with Gasteiger partial charge in [0.25, 0.3) is 0 Å². The number of imidazole rings is 1. The largest absolute Gasteiger partial charge is 0.299 e. The van der Waals surface area contributed by atoms with Crippen LogP contribution < -0.4 is 0 Å². The molecule has 108 valence electrons. The number of rotatable bonds is 1. The first-order valence-electron chi connectivity index (χ1n) is 8.35. The molecule has 0 atom stereocenters. The summed E-state index contributed by atoms with van der Waals surface area (Å²) in [6.07, 6.45) is 1.69. The zero-order valence-electron chi connectivity index (χ0n) is 15.3. The zero-order valence-corrected chi connectivity index (χ0v) is 13.9. The minimum atomic E-state index is -2.17. The van der Waals surface area contributed by atoms with Crippen molar-refractivity contribution in [3.63, 3.8) is 0 Å². The molecule has 3 aromatic rings. The highest BCUT2D eigenvalue weighted by molar-refractivity contribution is 9.10. The van der Waals surface area contributed by atoms with Crippen LogP contribution in [0.1, 0.15) is 36.0 Å². The van der Waals surface area contributed by atoms with Gasteiger partial charge < -0.3 is 0 Å². The minimum Gasteiger partial charge on any atom is -0.299 e. The number of hydrogen-bond acceptors (Lipinski definition) is 1. The molecule has 0 spiro atoms. The molecule has 1 aromatic heterocycles. The SMILES string of the molecule is [2H]C([2H])([2H])c1cccc2c1ncn2-c1cc(Br)cc(C(C)(C)C)c1. The van der Waals surface area contributed by atoms with Gasteiger partial charge in [0.2, 0.25) is 0 Å². The standard InChI is InChI=1S/C18H19BrN2/c1-12-6-5-7-16-17(12)20-11-21(16)15-9-13(18(2,3)4)8-14(19)10-15/h5-11H,1-4H3/i1D3. The highest BCUT2D eigenvalue weighted by Gasteiger charge is 2.16. The van der Waals surface area contributed by atoms with Crippen LogP contribution in [0.2, 0.25) is 0 Å². The van der Waals surface area contributed by atoms with E-state index in [4.69, 9.17) is 4.11 Å². The van der Waals surface area contributed by atoms with Gasteiger partial charge in [-0.3, -0.25) is 4.57 Å². The summed E-state index contributed by atoms with van der Waals surface area (Å²) >= 11 is 3.58. The molecule has 3 rings (SSSR count). The maximum Gasteiger partial charge on any atom is 0.100 e. The van der Waals surface area contributed by atoms with E-state index in [2.05, 4.69) is 53.8 Å². The fourth-order valence-corrected chi connectivity index (χ4v) is 2.87. The first kappa shape index (κ1) is 11.0. The molecule has 21 heavy (non-hydrogen) atoms. The molecule has 3 heteroatoms. The van der Waals surface area contributed by atoms with Crippen molar-refractivity contribution in [3.8, 4) is 5.69 Å². The Balaban J connectivity index is 2.23. The van der Waals surface area contributed by atoms with Gasteiger partial charge in [-0.15, -0.1) is 0 Å². The average Bonchev–Trinajstić information content (AvgIpc) is 2.88. The molecule has 0 fully saturated rings. The second-order valence-electron chi connectivity index (χ2n) is 6.24. The molecule has 0 radical (unpaired) electrons. The van der Waals surface area contributed by atoms with Crippen LogP contribution in [0.4, 0.5) is 0 Å². The Labute approximate surface area is 138 Å². The van der Waals surface area contributed by atoms with Gasteiger partial charge in [0.15, 0.2) is 0 Å². The molecule has 0 N–H and O–H groups in total. The fourth-order valence-electron chi connectivity index (χ4n) is 2.39. The third-order valence-corrected chi connectivity index (χ3v) is 4.06. The smallest absolute Gasteiger partial charge is 0.100 e. The summed E-state index contributed by atoms with van der Waals surface area (Å²) in [6, 6.07) is 11.5. The third kappa shape index (κ3) is 2.62. The first-order valence-corrected chi connectivity index (χ1v) is 7.65. The number of halogens is 1. The van der Waals surface area contributed by atoms with Crippen molar-refractivity contribution in [2.45, 2.75) is 33.0 Å². The zero-order chi connectivity index (χ0) is 17.7. The molecule has 0 aliphatic carbocycles. The van der Waals surface area contributed by atoms with Gasteiger partial charge in [-0.1, -0.05) is 48.8 Å². The maximum atomic E-state index is 7.70. The second-order valence-corrected chi connectivity index (χ2v) is 7.15. The molecule has 2 nitrogen and oxygen atoms in total. The summed E-state index contributed by atoms with van der Waals surface area (Å²) < 4.78 is 26.0. The van der Waals surface area contributed by atoms with Crippen LogP contribution in [-0.4, -0.2) is 9.55 Å². The number of benzene rings is 2.